The van der Waals surface area contributed by atoms with Crippen LogP contribution in [-0.4, -0.2) is 51.8 Å². The summed E-state index contributed by atoms with van der Waals surface area (Å²) in [7, 11) is 0. The Labute approximate surface area is 199 Å². The molecule has 6 nitrogen and oxygen atoms in total. The summed E-state index contributed by atoms with van der Waals surface area (Å²) in [6.45, 7) is 3.70. The maximum Gasteiger partial charge on any atom is 0.246 e. The molecule has 1 amide bonds. The van der Waals surface area contributed by atoms with E-state index in [9.17, 15) is 4.79 Å². The number of hydrogen-bond acceptors (Lipinski definition) is 4. The fourth-order valence-corrected chi connectivity index (χ4v) is 4.24. The maximum atomic E-state index is 12.9. The summed E-state index contributed by atoms with van der Waals surface area (Å²) in [5.74, 6) is 0.0317. The molecule has 34 heavy (non-hydrogen) atoms. The standard InChI is InChI=1S/C28H27N5O/c34-27(32-19-17-31(18-20-32)26-13-15-29-16-14-26)12-11-25-22-33(21-23-7-3-1-4-8-23)30-28(25)24-9-5-2-6-10-24/h1-16,22H,17-21H2/b12-11+. The molecule has 1 aliphatic rings. The van der Waals surface area contributed by atoms with E-state index in [1.54, 1.807) is 18.5 Å². The first-order chi connectivity index (χ1) is 16.8. The van der Waals surface area contributed by atoms with Crippen LogP contribution >= 0.6 is 0 Å². The number of amides is 1. The van der Waals surface area contributed by atoms with Gasteiger partial charge in [0.25, 0.3) is 0 Å². The first-order valence-electron chi connectivity index (χ1n) is 11.5. The van der Waals surface area contributed by atoms with Crippen molar-refractivity contribution in [3.8, 4) is 11.3 Å². The highest BCUT2D eigenvalue weighted by atomic mass is 16.2. The summed E-state index contributed by atoms with van der Waals surface area (Å²) in [5, 5.41) is 4.84. The van der Waals surface area contributed by atoms with E-state index in [4.69, 9.17) is 5.10 Å². The fourth-order valence-electron chi connectivity index (χ4n) is 4.24. The fraction of sp³-hybridized carbons (Fsp3) is 0.179. The van der Waals surface area contributed by atoms with E-state index in [1.165, 1.54) is 5.56 Å². The van der Waals surface area contributed by atoms with Crippen LogP contribution in [0.25, 0.3) is 17.3 Å². The molecule has 2 aromatic carbocycles. The van der Waals surface area contributed by atoms with Gasteiger partial charge in [-0.15, -0.1) is 0 Å². The molecule has 3 heterocycles. The van der Waals surface area contributed by atoms with Crippen molar-refractivity contribution < 1.29 is 4.79 Å². The minimum absolute atomic E-state index is 0.0317. The Kier molecular flexibility index (Phi) is 6.47. The summed E-state index contributed by atoms with van der Waals surface area (Å²) in [5.41, 5.74) is 5.18. The monoisotopic (exact) mass is 449 g/mol. The van der Waals surface area contributed by atoms with Crippen LogP contribution in [0.15, 0.2) is 97.5 Å². The van der Waals surface area contributed by atoms with Crippen LogP contribution in [0.5, 0.6) is 0 Å². The molecule has 1 fully saturated rings. The molecule has 5 rings (SSSR count). The molecule has 4 aromatic rings. The van der Waals surface area contributed by atoms with Crippen molar-refractivity contribution in [2.24, 2.45) is 0 Å². The van der Waals surface area contributed by atoms with Gasteiger partial charge in [0.2, 0.25) is 5.91 Å². The van der Waals surface area contributed by atoms with E-state index >= 15 is 0 Å². The van der Waals surface area contributed by atoms with E-state index < -0.39 is 0 Å². The third kappa shape index (κ3) is 5.07. The van der Waals surface area contributed by atoms with Crippen molar-refractivity contribution in [3.63, 3.8) is 0 Å². The van der Waals surface area contributed by atoms with Gasteiger partial charge in [0.1, 0.15) is 0 Å². The van der Waals surface area contributed by atoms with Gasteiger partial charge in [0.15, 0.2) is 0 Å². The zero-order chi connectivity index (χ0) is 23.2. The lowest BCUT2D eigenvalue weighted by Crippen LogP contribution is -2.48. The molecule has 2 aromatic heterocycles. The minimum Gasteiger partial charge on any atom is -0.368 e. The highest BCUT2D eigenvalue weighted by Gasteiger charge is 2.20. The summed E-state index contributed by atoms with van der Waals surface area (Å²) in [4.78, 5) is 21.2. The van der Waals surface area contributed by atoms with Crippen LogP contribution in [0.1, 0.15) is 11.1 Å². The molecule has 0 unspecified atom stereocenters. The van der Waals surface area contributed by atoms with Gasteiger partial charge in [-0.05, 0) is 23.8 Å². The molecule has 0 spiro atoms. The number of carbonyl (C=O) groups is 1. The summed E-state index contributed by atoms with van der Waals surface area (Å²) in [6.07, 6.45) is 9.20. The molecule has 170 valence electrons. The van der Waals surface area contributed by atoms with Crippen LogP contribution in [-0.2, 0) is 11.3 Å². The summed E-state index contributed by atoms with van der Waals surface area (Å²) >= 11 is 0. The highest BCUT2D eigenvalue weighted by Crippen LogP contribution is 2.24. The lowest BCUT2D eigenvalue weighted by atomic mass is 10.1. The van der Waals surface area contributed by atoms with Gasteiger partial charge in [0, 0.05) is 67.7 Å². The van der Waals surface area contributed by atoms with E-state index in [-0.39, 0.29) is 5.91 Å². The van der Waals surface area contributed by atoms with E-state index in [2.05, 4.69) is 22.0 Å². The van der Waals surface area contributed by atoms with Crippen LogP contribution in [0, 0.1) is 0 Å². The molecule has 1 saturated heterocycles. The quantitative estimate of drug-likeness (QED) is 0.411. The minimum atomic E-state index is 0.0317. The Bertz CT molecular complexity index is 1240. The van der Waals surface area contributed by atoms with Gasteiger partial charge in [-0.25, -0.2) is 0 Å². The lowest BCUT2D eigenvalue weighted by molar-refractivity contribution is -0.126. The van der Waals surface area contributed by atoms with Crippen LogP contribution in [0.4, 0.5) is 5.69 Å². The molecule has 0 bridgehead atoms. The molecule has 0 N–H and O–H groups in total. The molecular formula is C28H27N5O. The number of carbonyl (C=O) groups excluding carboxylic acids is 1. The Morgan fingerprint density at radius 1 is 0.853 bits per heavy atom. The van der Waals surface area contributed by atoms with Crippen molar-refractivity contribution in [1.29, 1.82) is 0 Å². The average Bonchev–Trinajstić information content (AvgIpc) is 3.31. The van der Waals surface area contributed by atoms with Gasteiger partial charge < -0.3 is 9.80 Å². The topological polar surface area (TPSA) is 54.3 Å². The Hall–Kier alpha value is -4.19. The molecule has 0 saturated carbocycles. The first kappa shape index (κ1) is 21.6. The number of nitrogens with zero attached hydrogens (tertiary/aromatic N) is 5. The number of piperazine rings is 1. The van der Waals surface area contributed by atoms with Gasteiger partial charge in [0.05, 0.1) is 12.2 Å². The second-order valence-corrected chi connectivity index (χ2v) is 8.33. The Balaban J connectivity index is 1.30. The van der Waals surface area contributed by atoms with Gasteiger partial charge in [-0.2, -0.15) is 5.10 Å². The van der Waals surface area contributed by atoms with Crippen molar-refractivity contribution in [2.75, 3.05) is 31.1 Å². The molecule has 1 aliphatic heterocycles. The second kappa shape index (κ2) is 10.2. The number of hydrogen-bond donors (Lipinski definition) is 0. The van der Waals surface area contributed by atoms with Crippen molar-refractivity contribution in [2.45, 2.75) is 6.54 Å². The molecule has 6 heteroatoms. The summed E-state index contributed by atoms with van der Waals surface area (Å²) in [6, 6.07) is 24.4. The van der Waals surface area contributed by atoms with Crippen molar-refractivity contribution >= 4 is 17.7 Å². The normalized spacial score (nSPS) is 14.0. The van der Waals surface area contributed by atoms with Gasteiger partial charge >= 0.3 is 0 Å². The number of aromatic nitrogens is 3. The van der Waals surface area contributed by atoms with Gasteiger partial charge in [-0.1, -0.05) is 60.7 Å². The Morgan fingerprint density at radius 2 is 1.53 bits per heavy atom. The second-order valence-electron chi connectivity index (χ2n) is 8.33. The number of anilines is 1. The average molecular weight is 450 g/mol. The number of pyridine rings is 1. The largest absolute Gasteiger partial charge is 0.368 e. The molecular weight excluding hydrogens is 422 g/mol. The van der Waals surface area contributed by atoms with E-state index in [1.807, 2.05) is 82.5 Å². The van der Waals surface area contributed by atoms with Crippen molar-refractivity contribution in [3.05, 3.63) is 109 Å². The maximum absolute atomic E-state index is 12.9. The number of rotatable bonds is 6. The SMILES string of the molecule is O=C(/C=C/c1cn(Cc2ccccc2)nc1-c1ccccc1)N1CCN(c2ccncc2)CC1. The number of benzene rings is 2. The lowest BCUT2D eigenvalue weighted by Gasteiger charge is -2.35. The zero-order valence-corrected chi connectivity index (χ0v) is 19.0. The Morgan fingerprint density at radius 3 is 2.24 bits per heavy atom. The molecule has 0 aliphatic carbocycles. The van der Waals surface area contributed by atoms with Crippen LogP contribution in [0.2, 0.25) is 0 Å². The van der Waals surface area contributed by atoms with Gasteiger partial charge in [-0.3, -0.25) is 14.5 Å². The van der Waals surface area contributed by atoms with Crippen LogP contribution in [0.3, 0.4) is 0 Å². The van der Waals surface area contributed by atoms with Crippen molar-refractivity contribution in [1.82, 2.24) is 19.7 Å². The first-order valence-corrected chi connectivity index (χ1v) is 11.5. The smallest absolute Gasteiger partial charge is 0.246 e. The summed E-state index contributed by atoms with van der Waals surface area (Å²) < 4.78 is 1.94. The van der Waals surface area contributed by atoms with Crippen LogP contribution < -0.4 is 4.90 Å². The molecule has 0 radical (unpaired) electrons. The third-order valence-corrected chi connectivity index (χ3v) is 6.05. The highest BCUT2D eigenvalue weighted by molar-refractivity contribution is 5.93. The van der Waals surface area contributed by atoms with E-state index in [0.29, 0.717) is 19.6 Å². The predicted molar refractivity (Wildman–Crippen MR) is 135 cm³/mol. The zero-order valence-electron chi connectivity index (χ0n) is 19.0. The van der Waals surface area contributed by atoms with E-state index in [0.717, 1.165) is 35.6 Å². The third-order valence-electron chi connectivity index (χ3n) is 6.05. The predicted octanol–water partition coefficient (Wildman–Crippen LogP) is 4.36. The molecule has 0 atom stereocenters.